The monoisotopic (exact) mass is 747 g/mol. The number of ether oxygens (including phenoxy) is 3. The molecule has 0 spiro atoms. The van der Waals surface area contributed by atoms with E-state index < -0.39 is 34.1 Å². The van der Waals surface area contributed by atoms with Crippen molar-refractivity contribution in [2.75, 3.05) is 38.2 Å². The van der Waals surface area contributed by atoms with E-state index in [0.29, 0.717) is 60.0 Å². The van der Waals surface area contributed by atoms with Gasteiger partial charge < -0.3 is 24.2 Å². The highest BCUT2D eigenvalue weighted by Gasteiger charge is 2.41. The summed E-state index contributed by atoms with van der Waals surface area (Å²) in [6, 6.07) is 4.75. The molecule has 3 aromatic rings. The number of pyridine rings is 1. The van der Waals surface area contributed by atoms with Crippen LogP contribution in [0.15, 0.2) is 31.1 Å². The number of hydrogen-bond donors (Lipinski definition) is 1. The number of rotatable bonds is 17. The van der Waals surface area contributed by atoms with Crippen molar-refractivity contribution in [2.24, 2.45) is 11.8 Å². The molecule has 5 rings (SSSR count). The van der Waals surface area contributed by atoms with Crippen LogP contribution >= 0.6 is 0 Å². The average Bonchev–Trinajstić information content (AvgIpc) is 3.63. The van der Waals surface area contributed by atoms with Gasteiger partial charge in [-0.05, 0) is 56.2 Å². The first kappa shape index (κ1) is 39.4. The fraction of sp³-hybridized carbons (Fsp3) is 0.649. The molecule has 2 unspecified atom stereocenters. The summed E-state index contributed by atoms with van der Waals surface area (Å²) in [4.78, 5) is 11.4. The van der Waals surface area contributed by atoms with Crippen molar-refractivity contribution in [1.29, 1.82) is 0 Å². The number of aliphatic hydroxyl groups excluding tert-OH is 1. The molecule has 9 nitrogen and oxygen atoms in total. The summed E-state index contributed by atoms with van der Waals surface area (Å²) in [6.45, 7) is 22.4. The second kappa shape index (κ2) is 16.1. The lowest BCUT2D eigenvalue weighted by Crippen LogP contribution is -2.34. The van der Waals surface area contributed by atoms with Gasteiger partial charge in [-0.15, -0.1) is 0 Å². The second-order valence-corrected chi connectivity index (χ2v) is 28.0. The first-order valence-electron chi connectivity index (χ1n) is 18.3. The van der Waals surface area contributed by atoms with E-state index in [2.05, 4.69) is 55.7 Å². The molecule has 2 fully saturated rings. The Morgan fingerprint density at radius 1 is 0.980 bits per heavy atom. The van der Waals surface area contributed by atoms with Gasteiger partial charge in [-0.3, -0.25) is 4.98 Å². The second-order valence-electron chi connectivity index (χ2n) is 16.7. The molecule has 14 heteroatoms. The summed E-state index contributed by atoms with van der Waals surface area (Å²) in [6.07, 6.45) is 1.24. The molecule has 3 heterocycles. The van der Waals surface area contributed by atoms with E-state index >= 15 is 0 Å². The van der Waals surface area contributed by atoms with E-state index in [1.54, 1.807) is 10.7 Å². The third kappa shape index (κ3) is 10.0. The van der Waals surface area contributed by atoms with Gasteiger partial charge in [0.1, 0.15) is 25.0 Å². The molecular formula is C37H56F3N5O4Si2. The molecule has 2 aliphatic rings. The molecule has 3 aromatic heterocycles. The maximum atomic E-state index is 13.3. The molecule has 2 saturated carbocycles. The molecule has 0 saturated heterocycles. The van der Waals surface area contributed by atoms with Crippen molar-refractivity contribution in [3.8, 4) is 11.1 Å². The zero-order valence-electron chi connectivity index (χ0n) is 31.4. The fourth-order valence-electron chi connectivity index (χ4n) is 7.19. The van der Waals surface area contributed by atoms with Gasteiger partial charge in [0.2, 0.25) is 0 Å². The highest BCUT2D eigenvalue weighted by Crippen LogP contribution is 2.50. The van der Waals surface area contributed by atoms with Crippen LogP contribution in [0.4, 0.5) is 19.0 Å². The van der Waals surface area contributed by atoms with E-state index in [0.717, 1.165) is 36.2 Å². The number of fused-ring (bicyclic) bond motifs is 3. The Bertz CT molecular complexity index is 1600. The topological polar surface area (TPSA) is 94.2 Å². The van der Waals surface area contributed by atoms with Crippen LogP contribution in [-0.2, 0) is 14.2 Å². The quantitative estimate of drug-likeness (QED) is 0.0633. The molecule has 0 aromatic carbocycles. The van der Waals surface area contributed by atoms with Crippen LogP contribution in [0.1, 0.15) is 68.0 Å². The van der Waals surface area contributed by atoms with Crippen LogP contribution in [0.3, 0.4) is 0 Å². The van der Waals surface area contributed by atoms with E-state index in [4.69, 9.17) is 24.3 Å². The average molecular weight is 748 g/mol. The maximum absolute atomic E-state index is 13.3. The minimum absolute atomic E-state index is 0.167. The lowest BCUT2D eigenvalue weighted by molar-refractivity contribution is -0.207. The van der Waals surface area contributed by atoms with Crippen molar-refractivity contribution in [3.05, 3.63) is 48.1 Å². The minimum atomic E-state index is -4.82. The molecular weight excluding hydrogens is 692 g/mol. The van der Waals surface area contributed by atoms with E-state index in [9.17, 15) is 18.3 Å². The summed E-state index contributed by atoms with van der Waals surface area (Å²) in [5, 5.41) is 14.6. The Morgan fingerprint density at radius 2 is 1.59 bits per heavy atom. The van der Waals surface area contributed by atoms with Crippen LogP contribution in [0.5, 0.6) is 0 Å². The van der Waals surface area contributed by atoms with E-state index in [-0.39, 0.29) is 19.4 Å². The van der Waals surface area contributed by atoms with Gasteiger partial charge in [0.05, 0.1) is 29.8 Å². The highest BCUT2D eigenvalue weighted by atomic mass is 28.3. The summed E-state index contributed by atoms with van der Waals surface area (Å²) < 4.78 is 60.5. The maximum Gasteiger partial charge on any atom is 0.420 e. The number of alkyl halides is 3. The first-order valence-corrected chi connectivity index (χ1v) is 25.7. The normalized spacial score (nSPS) is 20.2. The standard InChI is InChI=1S/C37H56F3N5O4Si2/c1-9-49-25(2)32-33(29-19-26-10-11-27(18-26)20-29)43-35-30(28-12-13-31(41-21-28)34(46)37(38,39)40)22-42-45(35)36(32)44(23-47-14-16-50(3,4)5)24-48-15-17-51(6,7)8/h12-13,21-22,26-27,29,34,46H,2,9-11,14-20,23-24H2,1,3-8H3/t26-,27+,29?,34?. The van der Waals surface area contributed by atoms with Crippen molar-refractivity contribution < 1.29 is 32.5 Å². The molecule has 0 amide bonds. The Labute approximate surface area is 302 Å². The van der Waals surface area contributed by atoms with Crippen molar-refractivity contribution in [2.45, 2.75) is 109 Å². The predicted molar refractivity (Wildman–Crippen MR) is 201 cm³/mol. The molecule has 1 N–H and O–H groups in total. The number of aliphatic hydroxyl groups is 1. The largest absolute Gasteiger partial charge is 0.494 e. The van der Waals surface area contributed by atoms with Gasteiger partial charge >= 0.3 is 6.18 Å². The van der Waals surface area contributed by atoms with Gasteiger partial charge in [0, 0.05) is 52.6 Å². The smallest absolute Gasteiger partial charge is 0.420 e. The molecule has 2 bridgehead atoms. The molecule has 4 atom stereocenters. The third-order valence-electron chi connectivity index (χ3n) is 9.99. The number of halogens is 3. The van der Waals surface area contributed by atoms with Crippen molar-refractivity contribution in [1.82, 2.24) is 19.6 Å². The Morgan fingerprint density at radius 3 is 2.10 bits per heavy atom. The molecule has 51 heavy (non-hydrogen) atoms. The third-order valence-corrected chi connectivity index (χ3v) is 13.4. The SMILES string of the molecule is C=C(OCC)c1c(C2C[C@H]3CC[C@@H](C2)C3)nc2c(-c3ccc(C(O)C(F)(F)F)nc3)cnn2c1N(COCC[Si](C)(C)C)COCC[Si](C)(C)C. The highest BCUT2D eigenvalue weighted by molar-refractivity contribution is 6.76. The van der Waals surface area contributed by atoms with Gasteiger partial charge in [0.25, 0.3) is 0 Å². The summed E-state index contributed by atoms with van der Waals surface area (Å²) in [5.41, 5.74) is 2.91. The molecule has 0 radical (unpaired) electrons. The molecule has 282 valence electrons. The van der Waals surface area contributed by atoms with Crippen LogP contribution < -0.4 is 4.90 Å². The van der Waals surface area contributed by atoms with Gasteiger partial charge in [0.15, 0.2) is 11.8 Å². The van der Waals surface area contributed by atoms with E-state index in [1.165, 1.54) is 37.6 Å². The Balaban J connectivity index is 1.66. The fourth-order valence-corrected chi connectivity index (χ4v) is 8.70. The number of nitrogens with zero attached hydrogens (tertiary/aromatic N) is 5. The molecule has 0 aliphatic heterocycles. The lowest BCUT2D eigenvalue weighted by atomic mass is 9.78. The molecule has 2 aliphatic carbocycles. The van der Waals surface area contributed by atoms with Crippen LogP contribution in [-0.4, -0.2) is 80.3 Å². The van der Waals surface area contributed by atoms with E-state index in [1.807, 2.05) is 6.92 Å². The van der Waals surface area contributed by atoms with Gasteiger partial charge in [-0.2, -0.15) is 22.8 Å². The predicted octanol–water partition coefficient (Wildman–Crippen LogP) is 9.12. The van der Waals surface area contributed by atoms with Crippen LogP contribution in [0, 0.1) is 11.8 Å². The first-order chi connectivity index (χ1) is 23.9. The van der Waals surface area contributed by atoms with Crippen molar-refractivity contribution in [3.63, 3.8) is 0 Å². The minimum Gasteiger partial charge on any atom is -0.494 e. The van der Waals surface area contributed by atoms with Crippen molar-refractivity contribution >= 4 is 33.4 Å². The summed E-state index contributed by atoms with van der Waals surface area (Å²) in [7, 11) is -2.71. The lowest BCUT2D eigenvalue weighted by Gasteiger charge is -2.33. The summed E-state index contributed by atoms with van der Waals surface area (Å²) in [5.74, 6) is 2.65. The number of anilines is 1. The zero-order chi connectivity index (χ0) is 37.1. The Hall–Kier alpha value is -2.79. The van der Waals surface area contributed by atoms with Gasteiger partial charge in [-0.25, -0.2) is 4.98 Å². The van der Waals surface area contributed by atoms with Crippen LogP contribution in [0.25, 0.3) is 22.5 Å². The number of hydrogen-bond acceptors (Lipinski definition) is 8. The summed E-state index contributed by atoms with van der Waals surface area (Å²) >= 11 is 0. The van der Waals surface area contributed by atoms with Gasteiger partial charge in [-0.1, -0.05) is 64.8 Å². The Kier molecular flexibility index (Phi) is 12.4. The zero-order valence-corrected chi connectivity index (χ0v) is 33.4. The number of aromatic nitrogens is 4. The van der Waals surface area contributed by atoms with Crippen LogP contribution in [0.2, 0.25) is 51.4 Å².